The Kier molecular flexibility index (Phi) is 6.50. The lowest BCUT2D eigenvalue weighted by molar-refractivity contribution is -0.150. The molecule has 20 heavy (non-hydrogen) atoms. The molecule has 1 aliphatic rings. The van der Waals surface area contributed by atoms with Gasteiger partial charge in [0.15, 0.2) is 0 Å². The topological polar surface area (TPSA) is 49.4 Å². The van der Waals surface area contributed by atoms with Gasteiger partial charge in [0, 0.05) is 6.54 Å². The normalized spacial score (nSPS) is 20.2. The van der Waals surface area contributed by atoms with E-state index in [1.165, 1.54) is 25.7 Å². The van der Waals surface area contributed by atoms with Crippen LogP contribution in [0.25, 0.3) is 0 Å². The van der Waals surface area contributed by atoms with Crippen LogP contribution in [-0.2, 0) is 9.59 Å². The molecule has 1 unspecified atom stereocenters. The molecule has 1 N–H and O–H groups in total. The second-order valence-electron chi connectivity index (χ2n) is 6.84. The van der Waals surface area contributed by atoms with Gasteiger partial charge in [-0.05, 0) is 11.8 Å². The van der Waals surface area contributed by atoms with Gasteiger partial charge in [-0.3, -0.25) is 9.59 Å². The number of carbonyl (C=O) groups excluding carboxylic acids is 2. The van der Waals surface area contributed by atoms with Crippen molar-refractivity contribution in [1.29, 1.82) is 0 Å². The van der Waals surface area contributed by atoms with Crippen molar-refractivity contribution >= 4 is 11.8 Å². The average molecular weight is 282 g/mol. The molecule has 0 aromatic rings. The number of hydrogen-bond acceptors (Lipinski definition) is 2. The number of piperazine rings is 1. The van der Waals surface area contributed by atoms with Crippen LogP contribution in [-0.4, -0.2) is 35.8 Å². The molecule has 1 fully saturated rings. The van der Waals surface area contributed by atoms with Crippen LogP contribution >= 0.6 is 0 Å². The Labute approximate surface area is 123 Å². The van der Waals surface area contributed by atoms with E-state index < -0.39 is 0 Å². The first-order valence-corrected chi connectivity index (χ1v) is 7.95. The first kappa shape index (κ1) is 17.0. The van der Waals surface area contributed by atoms with Gasteiger partial charge in [0.2, 0.25) is 11.8 Å². The smallest absolute Gasteiger partial charge is 0.243 e. The van der Waals surface area contributed by atoms with Crippen molar-refractivity contribution in [2.45, 2.75) is 72.3 Å². The van der Waals surface area contributed by atoms with Gasteiger partial charge in [0.25, 0.3) is 0 Å². The third-order valence-corrected chi connectivity index (χ3v) is 3.87. The fraction of sp³-hybridized carbons (Fsp3) is 0.875. The molecule has 0 aliphatic carbocycles. The number of amides is 2. The average Bonchev–Trinajstić information content (AvgIpc) is 2.36. The van der Waals surface area contributed by atoms with Gasteiger partial charge in [0.1, 0.15) is 6.04 Å². The molecule has 0 aromatic heterocycles. The molecule has 0 saturated carbocycles. The summed E-state index contributed by atoms with van der Waals surface area (Å²) in [6.45, 7) is 9.12. The van der Waals surface area contributed by atoms with Crippen LogP contribution in [0.15, 0.2) is 0 Å². The highest BCUT2D eigenvalue weighted by molar-refractivity contribution is 5.95. The molecule has 0 aromatic carbocycles. The molecule has 2 amide bonds. The minimum atomic E-state index is -0.334. The number of nitrogens with zero attached hydrogens (tertiary/aromatic N) is 1. The van der Waals surface area contributed by atoms with Crippen molar-refractivity contribution in [2.75, 3.05) is 13.1 Å². The van der Waals surface area contributed by atoms with Crippen LogP contribution in [0, 0.1) is 5.41 Å². The Morgan fingerprint density at radius 3 is 2.30 bits per heavy atom. The second-order valence-corrected chi connectivity index (χ2v) is 6.84. The number of carbonyl (C=O) groups is 2. The molecule has 1 saturated heterocycles. The first-order valence-electron chi connectivity index (χ1n) is 7.95. The lowest BCUT2D eigenvalue weighted by Crippen LogP contribution is -2.62. The molecule has 1 atom stereocenters. The summed E-state index contributed by atoms with van der Waals surface area (Å²) >= 11 is 0. The summed E-state index contributed by atoms with van der Waals surface area (Å²) in [5.41, 5.74) is -0.220. The minimum Gasteiger partial charge on any atom is -0.345 e. The fourth-order valence-corrected chi connectivity index (χ4v) is 2.82. The summed E-state index contributed by atoms with van der Waals surface area (Å²) in [7, 11) is 0. The number of hydrogen-bond donors (Lipinski definition) is 1. The minimum absolute atomic E-state index is 0.0110. The molecule has 0 bridgehead atoms. The van der Waals surface area contributed by atoms with Gasteiger partial charge in [-0.1, -0.05) is 59.8 Å². The van der Waals surface area contributed by atoms with E-state index in [2.05, 4.69) is 12.2 Å². The standard InChI is InChI=1S/C16H30N2O2/c1-5-6-7-8-9-10-11-18-13(19)12-17-15(20)14(18)16(2,3)4/h14H,5-12H2,1-4H3,(H,17,20). The van der Waals surface area contributed by atoms with E-state index >= 15 is 0 Å². The Morgan fingerprint density at radius 1 is 1.10 bits per heavy atom. The zero-order valence-electron chi connectivity index (χ0n) is 13.5. The van der Waals surface area contributed by atoms with E-state index in [0.29, 0.717) is 6.54 Å². The maximum Gasteiger partial charge on any atom is 0.243 e. The molecule has 1 aliphatic heterocycles. The summed E-state index contributed by atoms with van der Waals surface area (Å²) in [5.74, 6) is 0.0427. The van der Waals surface area contributed by atoms with Crippen LogP contribution < -0.4 is 5.32 Å². The molecule has 1 heterocycles. The predicted molar refractivity (Wildman–Crippen MR) is 81.3 cm³/mol. The predicted octanol–water partition coefficient (Wildman–Crippen LogP) is 2.72. The van der Waals surface area contributed by atoms with Gasteiger partial charge in [0.05, 0.1) is 6.54 Å². The number of nitrogens with one attached hydrogen (secondary N) is 1. The van der Waals surface area contributed by atoms with E-state index in [1.54, 1.807) is 4.90 Å². The van der Waals surface area contributed by atoms with Crippen molar-refractivity contribution in [3.63, 3.8) is 0 Å². The molecule has 0 radical (unpaired) electrons. The molecule has 1 rings (SSSR count). The first-order chi connectivity index (χ1) is 9.38. The van der Waals surface area contributed by atoms with E-state index in [0.717, 1.165) is 12.8 Å². The van der Waals surface area contributed by atoms with Gasteiger partial charge >= 0.3 is 0 Å². The van der Waals surface area contributed by atoms with Gasteiger partial charge in [-0.15, -0.1) is 0 Å². The maximum atomic E-state index is 12.1. The van der Waals surface area contributed by atoms with E-state index in [1.807, 2.05) is 20.8 Å². The molecule has 116 valence electrons. The van der Waals surface area contributed by atoms with Crippen LogP contribution in [0.4, 0.5) is 0 Å². The summed E-state index contributed by atoms with van der Waals surface area (Å²) in [6, 6.07) is -0.334. The Bertz CT molecular complexity index is 334. The summed E-state index contributed by atoms with van der Waals surface area (Å²) < 4.78 is 0. The van der Waals surface area contributed by atoms with Crippen molar-refractivity contribution in [2.24, 2.45) is 5.41 Å². The van der Waals surface area contributed by atoms with Crippen molar-refractivity contribution < 1.29 is 9.59 Å². The Morgan fingerprint density at radius 2 is 1.70 bits per heavy atom. The third-order valence-electron chi connectivity index (χ3n) is 3.87. The van der Waals surface area contributed by atoms with Gasteiger partial charge in [-0.25, -0.2) is 0 Å². The Balaban J connectivity index is 2.50. The van der Waals surface area contributed by atoms with Crippen LogP contribution in [0.1, 0.15) is 66.2 Å². The summed E-state index contributed by atoms with van der Waals surface area (Å²) in [4.78, 5) is 25.9. The lowest BCUT2D eigenvalue weighted by Gasteiger charge is -2.42. The molecule has 4 nitrogen and oxygen atoms in total. The molecule has 4 heteroatoms. The van der Waals surface area contributed by atoms with Crippen LogP contribution in [0.2, 0.25) is 0 Å². The molecular weight excluding hydrogens is 252 g/mol. The summed E-state index contributed by atoms with van der Waals surface area (Å²) in [6.07, 6.45) is 7.17. The monoisotopic (exact) mass is 282 g/mol. The number of rotatable bonds is 7. The summed E-state index contributed by atoms with van der Waals surface area (Å²) in [5, 5.41) is 2.71. The maximum absolute atomic E-state index is 12.1. The van der Waals surface area contributed by atoms with Crippen LogP contribution in [0.5, 0.6) is 0 Å². The highest BCUT2D eigenvalue weighted by Crippen LogP contribution is 2.27. The van der Waals surface area contributed by atoms with Gasteiger partial charge < -0.3 is 10.2 Å². The van der Waals surface area contributed by atoms with E-state index in [-0.39, 0.29) is 29.8 Å². The second kappa shape index (κ2) is 7.65. The quantitative estimate of drug-likeness (QED) is 0.730. The van der Waals surface area contributed by atoms with E-state index in [9.17, 15) is 9.59 Å². The van der Waals surface area contributed by atoms with Crippen molar-refractivity contribution in [1.82, 2.24) is 10.2 Å². The van der Waals surface area contributed by atoms with Crippen LogP contribution in [0.3, 0.4) is 0 Å². The lowest BCUT2D eigenvalue weighted by atomic mass is 9.83. The third kappa shape index (κ3) is 4.80. The molecule has 0 spiro atoms. The highest BCUT2D eigenvalue weighted by atomic mass is 16.2. The largest absolute Gasteiger partial charge is 0.345 e. The fourth-order valence-electron chi connectivity index (χ4n) is 2.82. The van der Waals surface area contributed by atoms with Gasteiger partial charge in [-0.2, -0.15) is 0 Å². The SMILES string of the molecule is CCCCCCCCN1C(=O)CNC(=O)C1C(C)(C)C. The highest BCUT2D eigenvalue weighted by Gasteiger charge is 2.41. The zero-order chi connectivity index (χ0) is 15.2. The van der Waals surface area contributed by atoms with Crippen molar-refractivity contribution in [3.05, 3.63) is 0 Å². The molecular formula is C16H30N2O2. The van der Waals surface area contributed by atoms with E-state index in [4.69, 9.17) is 0 Å². The Hall–Kier alpha value is -1.06. The number of unbranched alkanes of at least 4 members (excludes halogenated alkanes) is 5. The zero-order valence-corrected chi connectivity index (χ0v) is 13.5. The van der Waals surface area contributed by atoms with Crippen molar-refractivity contribution in [3.8, 4) is 0 Å².